The molecule has 0 bridgehead atoms. The van der Waals surface area contributed by atoms with Crippen molar-refractivity contribution in [1.82, 2.24) is 4.98 Å². The highest BCUT2D eigenvalue weighted by Crippen LogP contribution is 2.27. The van der Waals surface area contributed by atoms with Crippen molar-refractivity contribution < 1.29 is 0 Å². The van der Waals surface area contributed by atoms with Crippen LogP contribution in [-0.4, -0.2) is 4.98 Å². The molecule has 1 aromatic heterocycles. The highest BCUT2D eigenvalue weighted by atomic mass is 32.1. The number of nitrogens with zero attached hydrogens (tertiary/aromatic N) is 1. The molecule has 1 aromatic carbocycles. The van der Waals surface area contributed by atoms with E-state index in [1.54, 1.807) is 11.3 Å². The minimum absolute atomic E-state index is 1.02. The molecule has 0 atom stereocenters. The van der Waals surface area contributed by atoms with E-state index in [1.165, 1.54) is 10.4 Å². The van der Waals surface area contributed by atoms with Crippen LogP contribution >= 0.6 is 24.0 Å². The van der Waals surface area contributed by atoms with E-state index < -0.39 is 0 Å². The van der Waals surface area contributed by atoms with Gasteiger partial charge >= 0.3 is 0 Å². The monoisotopic (exact) mass is 221 g/mol. The van der Waals surface area contributed by atoms with Gasteiger partial charge in [0, 0.05) is 21.5 Å². The van der Waals surface area contributed by atoms with Crippen LogP contribution < -0.4 is 0 Å². The molecule has 72 valence electrons. The van der Waals surface area contributed by atoms with Crippen molar-refractivity contribution in [2.45, 2.75) is 18.7 Å². The van der Waals surface area contributed by atoms with Crippen molar-refractivity contribution in [3.63, 3.8) is 0 Å². The number of hydrogen-bond donors (Lipinski definition) is 1. The van der Waals surface area contributed by atoms with Crippen molar-refractivity contribution in [2.24, 2.45) is 0 Å². The van der Waals surface area contributed by atoms with Gasteiger partial charge in [0.1, 0.15) is 5.01 Å². The summed E-state index contributed by atoms with van der Waals surface area (Å²) in [7, 11) is 0. The summed E-state index contributed by atoms with van der Waals surface area (Å²) in [4.78, 5) is 6.60. The summed E-state index contributed by atoms with van der Waals surface area (Å²) >= 11 is 6.11. The molecule has 2 rings (SSSR count). The Morgan fingerprint density at radius 2 is 2.07 bits per heavy atom. The zero-order chi connectivity index (χ0) is 10.1. The molecule has 0 aliphatic rings. The second-order valence-electron chi connectivity index (χ2n) is 3.28. The molecule has 1 nitrogen and oxygen atoms in total. The number of rotatable bonds is 1. The lowest BCUT2D eigenvalue weighted by Gasteiger charge is -2.00. The van der Waals surface area contributed by atoms with Crippen molar-refractivity contribution in [3.8, 4) is 10.6 Å². The third-order valence-corrected chi connectivity index (χ3v) is 3.52. The lowest BCUT2D eigenvalue weighted by molar-refractivity contribution is 1.30. The molecular formula is C11H11NS2. The Balaban J connectivity index is 2.47. The van der Waals surface area contributed by atoms with Crippen molar-refractivity contribution in [2.75, 3.05) is 0 Å². The van der Waals surface area contributed by atoms with Gasteiger partial charge in [0.15, 0.2) is 0 Å². The second-order valence-corrected chi connectivity index (χ2v) is 4.99. The van der Waals surface area contributed by atoms with Gasteiger partial charge in [-0.1, -0.05) is 12.1 Å². The molecule has 0 unspecified atom stereocenters. The number of benzene rings is 1. The molecule has 0 radical (unpaired) electrons. The van der Waals surface area contributed by atoms with Gasteiger partial charge in [-0.3, -0.25) is 0 Å². The largest absolute Gasteiger partial charge is 0.244 e. The Labute approximate surface area is 93.2 Å². The van der Waals surface area contributed by atoms with E-state index in [0.717, 1.165) is 15.5 Å². The van der Waals surface area contributed by atoms with E-state index in [1.807, 2.05) is 6.20 Å². The van der Waals surface area contributed by atoms with E-state index in [-0.39, 0.29) is 0 Å². The maximum absolute atomic E-state index is 4.40. The summed E-state index contributed by atoms with van der Waals surface area (Å²) in [5.41, 5.74) is 2.35. The molecule has 0 saturated carbocycles. The van der Waals surface area contributed by atoms with Gasteiger partial charge in [-0.15, -0.1) is 24.0 Å². The van der Waals surface area contributed by atoms with Crippen LogP contribution in [0.2, 0.25) is 0 Å². The van der Waals surface area contributed by atoms with Gasteiger partial charge in [-0.2, -0.15) is 0 Å². The Hall–Kier alpha value is -0.800. The predicted molar refractivity (Wildman–Crippen MR) is 64.3 cm³/mol. The molecule has 0 amide bonds. The third-order valence-electron chi connectivity index (χ3n) is 2.08. The maximum atomic E-state index is 4.40. The number of aryl methyl sites for hydroxylation is 2. The van der Waals surface area contributed by atoms with E-state index in [2.05, 4.69) is 49.7 Å². The van der Waals surface area contributed by atoms with Crippen molar-refractivity contribution >= 4 is 24.0 Å². The highest BCUT2D eigenvalue weighted by Gasteiger charge is 2.03. The minimum Gasteiger partial charge on any atom is -0.244 e. The van der Waals surface area contributed by atoms with Gasteiger partial charge in [-0.05, 0) is 25.5 Å². The molecule has 0 saturated heterocycles. The summed E-state index contributed by atoms with van der Waals surface area (Å²) in [6.07, 6.45) is 1.90. The Morgan fingerprint density at radius 1 is 1.29 bits per heavy atom. The lowest BCUT2D eigenvalue weighted by atomic mass is 10.1. The molecular weight excluding hydrogens is 210 g/mol. The smallest absolute Gasteiger partial charge is 0.123 e. The first-order valence-corrected chi connectivity index (χ1v) is 5.65. The van der Waals surface area contributed by atoms with Crippen molar-refractivity contribution in [3.05, 3.63) is 34.8 Å². The summed E-state index contributed by atoms with van der Waals surface area (Å²) < 4.78 is 0. The zero-order valence-corrected chi connectivity index (χ0v) is 9.82. The quantitative estimate of drug-likeness (QED) is 0.724. The van der Waals surface area contributed by atoms with Gasteiger partial charge in [-0.25, -0.2) is 4.98 Å². The SMILES string of the molecule is Cc1cnc(-c2ccc(C)c(S)c2)s1. The van der Waals surface area contributed by atoms with Gasteiger partial charge in [0.25, 0.3) is 0 Å². The summed E-state index contributed by atoms with van der Waals surface area (Å²) in [6.45, 7) is 4.12. The first-order chi connectivity index (χ1) is 6.66. The van der Waals surface area contributed by atoms with Crippen LogP contribution in [-0.2, 0) is 0 Å². The van der Waals surface area contributed by atoms with E-state index in [0.29, 0.717) is 0 Å². The van der Waals surface area contributed by atoms with Crippen LogP contribution in [0.3, 0.4) is 0 Å². The van der Waals surface area contributed by atoms with Gasteiger partial charge in [0.05, 0.1) is 0 Å². The molecule has 0 aliphatic carbocycles. The fraction of sp³-hybridized carbons (Fsp3) is 0.182. The highest BCUT2D eigenvalue weighted by molar-refractivity contribution is 7.80. The molecule has 0 aliphatic heterocycles. The summed E-state index contributed by atoms with van der Waals surface area (Å²) in [5, 5.41) is 1.07. The summed E-state index contributed by atoms with van der Waals surface area (Å²) in [5.74, 6) is 0. The molecule has 14 heavy (non-hydrogen) atoms. The van der Waals surface area contributed by atoms with Crippen LogP contribution in [0.1, 0.15) is 10.4 Å². The standard InChI is InChI=1S/C11H11NS2/c1-7-3-4-9(5-10(7)13)11-12-6-8(2)14-11/h3-6,13H,1-2H3. The fourth-order valence-electron chi connectivity index (χ4n) is 1.23. The minimum atomic E-state index is 1.02. The molecule has 3 heteroatoms. The normalized spacial score (nSPS) is 10.5. The first kappa shape index (κ1) is 9.74. The van der Waals surface area contributed by atoms with Crippen molar-refractivity contribution in [1.29, 1.82) is 0 Å². The van der Waals surface area contributed by atoms with E-state index in [9.17, 15) is 0 Å². The molecule has 2 aromatic rings. The van der Waals surface area contributed by atoms with Crippen LogP contribution in [0.15, 0.2) is 29.3 Å². The van der Waals surface area contributed by atoms with Crippen LogP contribution in [0.5, 0.6) is 0 Å². The lowest BCUT2D eigenvalue weighted by Crippen LogP contribution is -1.79. The number of aromatic nitrogens is 1. The zero-order valence-electron chi connectivity index (χ0n) is 8.11. The second kappa shape index (κ2) is 3.75. The average molecular weight is 221 g/mol. The van der Waals surface area contributed by atoms with Crippen LogP contribution in [0, 0.1) is 13.8 Å². The van der Waals surface area contributed by atoms with E-state index >= 15 is 0 Å². The number of thiol groups is 1. The van der Waals surface area contributed by atoms with Gasteiger partial charge < -0.3 is 0 Å². The Morgan fingerprint density at radius 3 is 2.64 bits per heavy atom. The molecule has 0 N–H and O–H groups in total. The number of thiazole rings is 1. The van der Waals surface area contributed by atoms with E-state index in [4.69, 9.17) is 0 Å². The molecule has 0 fully saturated rings. The maximum Gasteiger partial charge on any atom is 0.123 e. The van der Waals surface area contributed by atoms with Crippen LogP contribution in [0.25, 0.3) is 10.6 Å². The fourth-order valence-corrected chi connectivity index (χ4v) is 2.20. The first-order valence-electron chi connectivity index (χ1n) is 4.39. The third kappa shape index (κ3) is 1.83. The predicted octanol–water partition coefficient (Wildman–Crippen LogP) is 3.72. The molecule has 1 heterocycles. The van der Waals surface area contributed by atoms with Crippen LogP contribution in [0.4, 0.5) is 0 Å². The molecule has 0 spiro atoms. The average Bonchev–Trinajstić information content (AvgIpc) is 2.57. The summed E-state index contributed by atoms with van der Waals surface area (Å²) in [6, 6.07) is 6.23. The topological polar surface area (TPSA) is 12.9 Å². The number of hydrogen-bond acceptors (Lipinski definition) is 3. The van der Waals surface area contributed by atoms with Gasteiger partial charge in [0.2, 0.25) is 0 Å². The Kier molecular flexibility index (Phi) is 2.61. The Bertz CT molecular complexity index is 460.